The van der Waals surface area contributed by atoms with Crippen LogP contribution in [0.4, 0.5) is 11.4 Å². The summed E-state index contributed by atoms with van der Waals surface area (Å²) in [7, 11) is 3.03. The fourth-order valence-corrected chi connectivity index (χ4v) is 4.83. The lowest BCUT2D eigenvalue weighted by molar-refractivity contribution is -0.116. The molecule has 2 aromatic carbocycles. The number of aromatic nitrogens is 2. The summed E-state index contributed by atoms with van der Waals surface area (Å²) in [6, 6.07) is 10.2. The normalized spacial score (nSPS) is 10.8. The molecule has 2 amide bonds. The summed E-state index contributed by atoms with van der Waals surface area (Å²) < 4.78 is 11.7. The Hall–Kier alpha value is -3.89. The number of carbonyl (C=O) groups is 2. The van der Waals surface area contributed by atoms with Gasteiger partial charge in [0.15, 0.2) is 11.5 Å². The van der Waals surface area contributed by atoms with Crippen molar-refractivity contribution in [1.29, 1.82) is 0 Å². The first kappa shape index (κ1) is 25.2. The van der Waals surface area contributed by atoms with Gasteiger partial charge < -0.3 is 20.1 Å². The van der Waals surface area contributed by atoms with Crippen molar-refractivity contribution in [3.05, 3.63) is 74.1 Å². The Morgan fingerprint density at radius 3 is 2.42 bits per heavy atom. The fourth-order valence-electron chi connectivity index (χ4n) is 3.62. The summed E-state index contributed by atoms with van der Waals surface area (Å²) in [5, 5.41) is 6.36. The van der Waals surface area contributed by atoms with Crippen molar-refractivity contribution in [2.24, 2.45) is 0 Å². The Balaban J connectivity index is 1.56. The lowest BCUT2D eigenvalue weighted by Gasteiger charge is -2.10. The molecule has 36 heavy (non-hydrogen) atoms. The van der Waals surface area contributed by atoms with Crippen LogP contribution in [0.3, 0.4) is 0 Å². The van der Waals surface area contributed by atoms with E-state index in [0.717, 1.165) is 16.9 Å². The molecule has 4 rings (SSSR count). The minimum atomic E-state index is -0.406. The predicted molar refractivity (Wildman–Crippen MR) is 141 cm³/mol. The van der Waals surface area contributed by atoms with Gasteiger partial charge in [-0.25, -0.2) is 4.98 Å². The zero-order valence-corrected chi connectivity index (χ0v) is 21.5. The number of thiophene rings is 1. The summed E-state index contributed by atoms with van der Waals surface area (Å²) in [4.78, 5) is 43.8. The molecule has 186 valence electrons. The number of carbonyl (C=O) groups excluding carboxylic acids is 2. The van der Waals surface area contributed by atoms with Crippen LogP contribution in [-0.4, -0.2) is 35.6 Å². The minimum absolute atomic E-state index is 0.240. The number of halogens is 1. The predicted octanol–water partition coefficient (Wildman–Crippen LogP) is 4.64. The molecule has 4 aromatic rings. The van der Waals surface area contributed by atoms with Gasteiger partial charge >= 0.3 is 0 Å². The molecule has 0 spiro atoms. The van der Waals surface area contributed by atoms with Gasteiger partial charge in [-0.05, 0) is 49.2 Å². The standard InChI is InChI=1S/C25H23ClN4O5S/c1-13-5-6-15(9-17(13)26)28-20(31)11-30-12-27-24-21(25(30)33)14(2)22(36-24)23(32)29-16-7-8-18(34-3)19(10-16)35-4/h5-10,12H,11H2,1-4H3,(H,28,31)(H,29,32). The van der Waals surface area contributed by atoms with Crippen LogP contribution in [0.5, 0.6) is 11.5 Å². The maximum Gasteiger partial charge on any atom is 0.266 e. The molecule has 0 bridgehead atoms. The number of hydrogen-bond acceptors (Lipinski definition) is 7. The molecule has 2 heterocycles. The molecule has 0 aliphatic heterocycles. The SMILES string of the molecule is COc1ccc(NC(=O)c2sc3ncn(CC(=O)Nc4ccc(C)c(Cl)c4)c(=O)c3c2C)cc1OC. The molecule has 0 radical (unpaired) electrons. The van der Waals surface area contributed by atoms with Crippen LogP contribution in [-0.2, 0) is 11.3 Å². The molecule has 0 saturated carbocycles. The summed E-state index contributed by atoms with van der Waals surface area (Å²) in [5.74, 6) is 0.215. The van der Waals surface area contributed by atoms with Gasteiger partial charge in [0.05, 0.1) is 30.8 Å². The molecule has 0 fully saturated rings. The molecule has 0 unspecified atom stereocenters. The molecule has 0 saturated heterocycles. The van der Waals surface area contributed by atoms with Gasteiger partial charge in [-0.2, -0.15) is 0 Å². The molecule has 2 aromatic heterocycles. The van der Waals surface area contributed by atoms with E-state index in [0.29, 0.717) is 48.6 Å². The number of benzene rings is 2. The highest BCUT2D eigenvalue weighted by Crippen LogP contribution is 2.31. The van der Waals surface area contributed by atoms with Crippen LogP contribution in [0.2, 0.25) is 5.02 Å². The van der Waals surface area contributed by atoms with Crippen molar-refractivity contribution in [2.75, 3.05) is 24.9 Å². The summed E-state index contributed by atoms with van der Waals surface area (Å²) >= 11 is 7.22. The number of hydrogen-bond donors (Lipinski definition) is 2. The number of ether oxygens (including phenoxy) is 2. The highest BCUT2D eigenvalue weighted by Gasteiger charge is 2.21. The van der Waals surface area contributed by atoms with Gasteiger partial charge in [0.2, 0.25) is 5.91 Å². The maximum absolute atomic E-state index is 13.2. The number of nitrogens with zero attached hydrogens (tertiary/aromatic N) is 2. The van der Waals surface area contributed by atoms with E-state index in [-0.39, 0.29) is 12.5 Å². The highest BCUT2D eigenvalue weighted by atomic mass is 35.5. The minimum Gasteiger partial charge on any atom is -0.493 e. The number of anilines is 2. The van der Waals surface area contributed by atoms with Crippen molar-refractivity contribution in [2.45, 2.75) is 20.4 Å². The average Bonchev–Trinajstić information content (AvgIpc) is 3.20. The number of nitrogens with one attached hydrogen (secondary N) is 2. The largest absolute Gasteiger partial charge is 0.493 e. The van der Waals surface area contributed by atoms with E-state index in [1.165, 1.54) is 25.1 Å². The van der Waals surface area contributed by atoms with E-state index in [4.69, 9.17) is 21.1 Å². The van der Waals surface area contributed by atoms with E-state index >= 15 is 0 Å². The van der Waals surface area contributed by atoms with Crippen LogP contribution in [0.15, 0.2) is 47.5 Å². The van der Waals surface area contributed by atoms with Crippen molar-refractivity contribution in [3.8, 4) is 11.5 Å². The van der Waals surface area contributed by atoms with Crippen LogP contribution in [0.25, 0.3) is 10.2 Å². The van der Waals surface area contributed by atoms with E-state index in [2.05, 4.69) is 15.6 Å². The Kier molecular flexibility index (Phi) is 7.27. The van der Waals surface area contributed by atoms with Crippen molar-refractivity contribution in [1.82, 2.24) is 9.55 Å². The second-order valence-corrected chi connectivity index (χ2v) is 9.36. The van der Waals surface area contributed by atoms with E-state index in [1.807, 2.05) is 6.92 Å². The molecule has 9 nitrogen and oxygen atoms in total. The van der Waals surface area contributed by atoms with Gasteiger partial charge in [0.1, 0.15) is 11.4 Å². The lowest BCUT2D eigenvalue weighted by Crippen LogP contribution is -2.28. The monoisotopic (exact) mass is 526 g/mol. The Bertz CT molecular complexity index is 1550. The highest BCUT2D eigenvalue weighted by molar-refractivity contribution is 7.20. The summed E-state index contributed by atoms with van der Waals surface area (Å²) in [6.45, 7) is 3.31. The zero-order valence-electron chi connectivity index (χ0n) is 20.0. The molecule has 0 aliphatic rings. The smallest absolute Gasteiger partial charge is 0.266 e. The van der Waals surface area contributed by atoms with Crippen molar-refractivity contribution >= 4 is 56.3 Å². The summed E-state index contributed by atoms with van der Waals surface area (Å²) in [5.41, 5.74) is 2.01. The number of amides is 2. The van der Waals surface area contributed by atoms with Gasteiger partial charge in [-0.1, -0.05) is 17.7 Å². The Morgan fingerprint density at radius 2 is 1.72 bits per heavy atom. The molecule has 11 heteroatoms. The van der Waals surface area contributed by atoms with Gasteiger partial charge in [0, 0.05) is 22.5 Å². The fraction of sp³-hybridized carbons (Fsp3) is 0.200. The van der Waals surface area contributed by atoms with Gasteiger partial charge in [0.25, 0.3) is 11.5 Å². The van der Waals surface area contributed by atoms with Crippen LogP contribution in [0, 0.1) is 13.8 Å². The number of rotatable bonds is 7. The molecular weight excluding hydrogens is 504 g/mol. The van der Waals surface area contributed by atoms with E-state index < -0.39 is 11.5 Å². The van der Waals surface area contributed by atoms with Crippen LogP contribution in [0.1, 0.15) is 20.8 Å². The average molecular weight is 527 g/mol. The third-order valence-electron chi connectivity index (χ3n) is 5.53. The first-order chi connectivity index (χ1) is 17.2. The second-order valence-electron chi connectivity index (χ2n) is 7.95. The second kappa shape index (κ2) is 10.4. The molecular formula is C25H23ClN4O5S. The Labute approximate surface area is 215 Å². The molecule has 0 atom stereocenters. The van der Waals surface area contributed by atoms with Gasteiger partial charge in [-0.15, -0.1) is 11.3 Å². The molecule has 0 aliphatic carbocycles. The van der Waals surface area contributed by atoms with Crippen molar-refractivity contribution in [3.63, 3.8) is 0 Å². The zero-order chi connectivity index (χ0) is 26.0. The number of aryl methyl sites for hydroxylation is 2. The molecule has 2 N–H and O–H groups in total. The summed E-state index contributed by atoms with van der Waals surface area (Å²) in [6.07, 6.45) is 1.30. The first-order valence-electron chi connectivity index (χ1n) is 10.8. The van der Waals surface area contributed by atoms with Crippen LogP contribution < -0.4 is 25.7 Å². The third-order valence-corrected chi connectivity index (χ3v) is 7.14. The quantitative estimate of drug-likeness (QED) is 0.363. The van der Waals surface area contributed by atoms with E-state index in [9.17, 15) is 14.4 Å². The van der Waals surface area contributed by atoms with Gasteiger partial charge in [-0.3, -0.25) is 19.0 Å². The number of methoxy groups -OCH3 is 2. The maximum atomic E-state index is 13.2. The first-order valence-corrected chi connectivity index (χ1v) is 12.0. The topological polar surface area (TPSA) is 112 Å². The van der Waals surface area contributed by atoms with Crippen LogP contribution >= 0.6 is 22.9 Å². The van der Waals surface area contributed by atoms with Crippen molar-refractivity contribution < 1.29 is 19.1 Å². The number of fused-ring (bicyclic) bond motifs is 1. The third kappa shape index (κ3) is 5.05. The lowest BCUT2D eigenvalue weighted by atomic mass is 10.2. The van der Waals surface area contributed by atoms with E-state index in [1.54, 1.807) is 43.3 Å². The Morgan fingerprint density at radius 1 is 1.03 bits per heavy atom.